The first-order valence-corrected chi connectivity index (χ1v) is 4.93. The second-order valence-electron chi connectivity index (χ2n) is 3.24. The van der Waals surface area contributed by atoms with Crippen molar-refractivity contribution in [1.82, 2.24) is 0 Å². The Hall–Kier alpha value is -1.11. The van der Waals surface area contributed by atoms with Gasteiger partial charge in [-0.1, -0.05) is 12.1 Å². The third kappa shape index (κ3) is 2.94. The summed E-state index contributed by atoms with van der Waals surface area (Å²) in [7, 11) is -1.77. The fraction of sp³-hybridized carbons (Fsp3) is 0.400. The van der Waals surface area contributed by atoms with Crippen molar-refractivity contribution in [2.45, 2.75) is 13.8 Å². The van der Waals surface area contributed by atoms with Crippen LogP contribution in [0.3, 0.4) is 0 Å². The molecule has 0 fully saturated rings. The van der Waals surface area contributed by atoms with Gasteiger partial charge >= 0.3 is 7.12 Å². The Morgan fingerprint density at radius 2 is 2.06 bits per heavy atom. The average Bonchev–Trinajstić information content (AvgIpc) is 2.24. The van der Waals surface area contributed by atoms with E-state index in [0.29, 0.717) is 12.2 Å². The lowest BCUT2D eigenvalue weighted by molar-refractivity contribution is 0.0206. The average molecular weight is 228 g/mol. The van der Waals surface area contributed by atoms with Crippen LogP contribution in [0.1, 0.15) is 12.5 Å². The molecule has 0 aliphatic heterocycles. The monoisotopic (exact) mass is 228 g/mol. The Kier molecular flexibility index (Phi) is 4.73. The van der Waals surface area contributed by atoms with Crippen molar-refractivity contribution in [2.75, 3.05) is 13.4 Å². The lowest BCUT2D eigenvalue weighted by Crippen LogP contribution is -2.32. The third-order valence-electron chi connectivity index (χ3n) is 2.09. The fourth-order valence-corrected chi connectivity index (χ4v) is 1.20. The summed E-state index contributed by atoms with van der Waals surface area (Å²) in [6.45, 7) is 3.65. The number of halogens is 1. The molecule has 0 aliphatic carbocycles. The fourth-order valence-electron chi connectivity index (χ4n) is 1.20. The predicted octanol–water partition coefficient (Wildman–Crippen LogP) is 0.187. The first-order valence-electron chi connectivity index (χ1n) is 4.93. The highest BCUT2D eigenvalue weighted by atomic mass is 19.1. The standard InChI is InChI=1S/C10H14BFO4/c1-3-15-6-16-10-8(11(13)14)5-4-7(2)9(10)12/h4-5,13-14H,3,6H2,1-2H3. The first kappa shape index (κ1) is 13.0. The molecule has 0 heterocycles. The van der Waals surface area contributed by atoms with Crippen LogP contribution in [0.4, 0.5) is 4.39 Å². The molecule has 1 aromatic rings. The van der Waals surface area contributed by atoms with Gasteiger partial charge < -0.3 is 19.5 Å². The minimum absolute atomic E-state index is 0.0113. The van der Waals surface area contributed by atoms with E-state index in [-0.39, 0.29) is 18.0 Å². The summed E-state index contributed by atoms with van der Waals surface area (Å²) in [5, 5.41) is 18.1. The van der Waals surface area contributed by atoms with E-state index in [1.807, 2.05) is 0 Å². The molecule has 16 heavy (non-hydrogen) atoms. The van der Waals surface area contributed by atoms with E-state index in [0.717, 1.165) is 0 Å². The molecule has 0 spiro atoms. The number of hydrogen-bond donors (Lipinski definition) is 2. The number of rotatable bonds is 5. The SMILES string of the molecule is CCOCOc1c(B(O)O)ccc(C)c1F. The van der Waals surface area contributed by atoms with E-state index >= 15 is 0 Å². The second-order valence-corrected chi connectivity index (χ2v) is 3.24. The van der Waals surface area contributed by atoms with Crippen molar-refractivity contribution in [3.8, 4) is 5.75 Å². The summed E-state index contributed by atoms with van der Waals surface area (Å²) >= 11 is 0. The van der Waals surface area contributed by atoms with Crippen molar-refractivity contribution < 1.29 is 23.9 Å². The summed E-state index contributed by atoms with van der Waals surface area (Å²) in [5.41, 5.74) is 0.360. The van der Waals surface area contributed by atoms with Gasteiger partial charge in [-0.25, -0.2) is 4.39 Å². The van der Waals surface area contributed by atoms with Gasteiger partial charge in [0.2, 0.25) is 0 Å². The molecule has 0 atom stereocenters. The Balaban J connectivity index is 2.96. The smallest absolute Gasteiger partial charge is 0.465 e. The zero-order chi connectivity index (χ0) is 12.1. The van der Waals surface area contributed by atoms with E-state index in [1.54, 1.807) is 13.8 Å². The van der Waals surface area contributed by atoms with Crippen LogP contribution in [0, 0.1) is 12.7 Å². The van der Waals surface area contributed by atoms with Gasteiger partial charge in [0, 0.05) is 12.1 Å². The van der Waals surface area contributed by atoms with Gasteiger partial charge in [-0.05, 0) is 19.4 Å². The highest BCUT2D eigenvalue weighted by Gasteiger charge is 2.21. The van der Waals surface area contributed by atoms with Crippen LogP contribution in [-0.4, -0.2) is 30.6 Å². The molecule has 88 valence electrons. The topological polar surface area (TPSA) is 58.9 Å². The summed E-state index contributed by atoms with van der Waals surface area (Å²) in [4.78, 5) is 0. The lowest BCUT2D eigenvalue weighted by Gasteiger charge is -2.13. The van der Waals surface area contributed by atoms with Crippen molar-refractivity contribution in [3.05, 3.63) is 23.5 Å². The number of ether oxygens (including phenoxy) is 2. The van der Waals surface area contributed by atoms with Crippen molar-refractivity contribution in [3.63, 3.8) is 0 Å². The molecule has 0 amide bonds. The molecule has 1 aromatic carbocycles. The quantitative estimate of drug-likeness (QED) is 0.429. The normalized spacial score (nSPS) is 10.3. The molecule has 0 saturated heterocycles. The molecule has 0 unspecified atom stereocenters. The van der Waals surface area contributed by atoms with E-state index in [1.165, 1.54) is 12.1 Å². The molecule has 4 nitrogen and oxygen atoms in total. The largest absolute Gasteiger partial charge is 0.492 e. The summed E-state index contributed by atoms with van der Waals surface area (Å²) < 4.78 is 23.6. The zero-order valence-corrected chi connectivity index (χ0v) is 9.24. The minimum Gasteiger partial charge on any atom is -0.465 e. The maximum Gasteiger partial charge on any atom is 0.492 e. The van der Waals surface area contributed by atoms with Crippen LogP contribution in [0.15, 0.2) is 12.1 Å². The maximum absolute atomic E-state index is 13.6. The lowest BCUT2D eigenvalue weighted by atomic mass is 9.79. The molecule has 6 heteroatoms. The second kappa shape index (κ2) is 5.84. The number of benzene rings is 1. The van der Waals surface area contributed by atoms with E-state index in [4.69, 9.17) is 19.5 Å². The Labute approximate surface area is 93.8 Å². The molecule has 0 radical (unpaired) electrons. The van der Waals surface area contributed by atoms with E-state index in [2.05, 4.69) is 0 Å². The van der Waals surface area contributed by atoms with Crippen molar-refractivity contribution in [1.29, 1.82) is 0 Å². The zero-order valence-electron chi connectivity index (χ0n) is 9.24. The van der Waals surface area contributed by atoms with Gasteiger partial charge in [0.1, 0.15) is 0 Å². The minimum atomic E-state index is -1.77. The molecule has 0 saturated carbocycles. The van der Waals surface area contributed by atoms with Crippen LogP contribution < -0.4 is 10.2 Å². The van der Waals surface area contributed by atoms with Gasteiger partial charge in [-0.3, -0.25) is 0 Å². The highest BCUT2D eigenvalue weighted by molar-refractivity contribution is 6.59. The van der Waals surface area contributed by atoms with Crippen LogP contribution in [0.25, 0.3) is 0 Å². The first-order chi connectivity index (χ1) is 7.57. The molecule has 0 aromatic heterocycles. The summed E-state index contributed by atoms with van der Waals surface area (Å²) in [5.74, 6) is -0.784. The van der Waals surface area contributed by atoms with Gasteiger partial charge in [0.05, 0.1) is 0 Å². The predicted molar refractivity (Wildman–Crippen MR) is 58.1 cm³/mol. The molecule has 1 rings (SSSR count). The highest BCUT2D eigenvalue weighted by Crippen LogP contribution is 2.18. The maximum atomic E-state index is 13.6. The number of hydrogen-bond acceptors (Lipinski definition) is 4. The van der Waals surface area contributed by atoms with Crippen molar-refractivity contribution >= 4 is 12.6 Å². The Morgan fingerprint density at radius 3 is 2.62 bits per heavy atom. The van der Waals surface area contributed by atoms with Crippen LogP contribution in [0.5, 0.6) is 5.75 Å². The summed E-state index contributed by atoms with van der Waals surface area (Å²) in [6, 6.07) is 2.86. The third-order valence-corrected chi connectivity index (χ3v) is 2.09. The van der Waals surface area contributed by atoms with Crippen LogP contribution >= 0.6 is 0 Å². The number of aryl methyl sites for hydroxylation is 1. The summed E-state index contributed by atoms with van der Waals surface area (Å²) in [6.07, 6.45) is 0. The molecule has 0 bridgehead atoms. The van der Waals surface area contributed by atoms with E-state index < -0.39 is 12.9 Å². The van der Waals surface area contributed by atoms with Gasteiger partial charge in [0.25, 0.3) is 0 Å². The van der Waals surface area contributed by atoms with E-state index in [9.17, 15) is 4.39 Å². The Bertz CT molecular complexity index is 357. The van der Waals surface area contributed by atoms with Gasteiger partial charge in [-0.2, -0.15) is 0 Å². The van der Waals surface area contributed by atoms with Crippen molar-refractivity contribution in [2.24, 2.45) is 0 Å². The van der Waals surface area contributed by atoms with Crippen LogP contribution in [-0.2, 0) is 4.74 Å². The molecule has 0 aliphatic rings. The molecule has 2 N–H and O–H groups in total. The Morgan fingerprint density at radius 1 is 1.38 bits per heavy atom. The van der Waals surface area contributed by atoms with Gasteiger partial charge in [0.15, 0.2) is 18.4 Å². The van der Waals surface area contributed by atoms with Gasteiger partial charge in [-0.15, -0.1) is 0 Å². The van der Waals surface area contributed by atoms with Crippen LogP contribution in [0.2, 0.25) is 0 Å². The molecular formula is C10H14BFO4. The molecular weight excluding hydrogens is 214 g/mol.